The summed E-state index contributed by atoms with van der Waals surface area (Å²) in [7, 11) is 1.49. The van der Waals surface area contributed by atoms with Crippen molar-refractivity contribution in [3.63, 3.8) is 0 Å². The van der Waals surface area contributed by atoms with Gasteiger partial charge < -0.3 is 9.84 Å². The van der Waals surface area contributed by atoms with E-state index in [1.54, 1.807) is 29.2 Å². The topological polar surface area (TPSA) is 49.8 Å². The van der Waals surface area contributed by atoms with Gasteiger partial charge >= 0.3 is 0 Å². The average Bonchev–Trinajstić information content (AvgIpc) is 2.89. The average molecular weight is 371 g/mol. The van der Waals surface area contributed by atoms with Crippen LogP contribution in [0.5, 0.6) is 11.5 Å². The zero-order valence-corrected chi connectivity index (χ0v) is 15.3. The molecule has 3 rings (SSSR count). The Morgan fingerprint density at radius 1 is 1.20 bits per heavy atom. The Kier molecular flexibility index (Phi) is 5.40. The van der Waals surface area contributed by atoms with Crippen LogP contribution < -0.4 is 4.74 Å². The van der Waals surface area contributed by atoms with Gasteiger partial charge in [-0.15, -0.1) is 0 Å². The lowest BCUT2D eigenvalue weighted by Gasteiger charge is -2.14. The quantitative estimate of drug-likeness (QED) is 0.639. The summed E-state index contributed by atoms with van der Waals surface area (Å²) >= 11 is 6.60. The largest absolute Gasteiger partial charge is 0.504 e. The van der Waals surface area contributed by atoms with Gasteiger partial charge in [-0.2, -0.15) is 0 Å². The van der Waals surface area contributed by atoms with Crippen LogP contribution in [0.1, 0.15) is 11.1 Å². The SMILES string of the molecule is COc1cccc(C=C2SC(=S)N(CCc3ccccc3)C2=O)c1O. The van der Waals surface area contributed by atoms with Gasteiger partial charge in [-0.3, -0.25) is 9.69 Å². The predicted octanol–water partition coefficient (Wildman–Crippen LogP) is 3.84. The first-order valence-corrected chi connectivity index (χ1v) is 8.98. The molecule has 1 saturated heterocycles. The molecule has 6 heteroatoms. The number of rotatable bonds is 5. The fraction of sp³-hybridized carbons (Fsp3) is 0.158. The molecule has 25 heavy (non-hydrogen) atoms. The molecule has 0 radical (unpaired) electrons. The number of phenols is 1. The zero-order valence-electron chi connectivity index (χ0n) is 13.6. The van der Waals surface area contributed by atoms with E-state index in [-0.39, 0.29) is 11.7 Å². The second-order valence-electron chi connectivity index (χ2n) is 5.47. The molecule has 1 fully saturated rings. The zero-order chi connectivity index (χ0) is 17.8. The highest BCUT2D eigenvalue weighted by Gasteiger charge is 2.31. The van der Waals surface area contributed by atoms with Gasteiger partial charge in [-0.1, -0.05) is 66.4 Å². The van der Waals surface area contributed by atoms with Gasteiger partial charge in [0.1, 0.15) is 4.32 Å². The highest BCUT2D eigenvalue weighted by molar-refractivity contribution is 8.26. The smallest absolute Gasteiger partial charge is 0.266 e. The van der Waals surface area contributed by atoms with Crippen molar-refractivity contribution >= 4 is 40.3 Å². The molecule has 128 valence electrons. The lowest BCUT2D eigenvalue weighted by Crippen LogP contribution is -2.30. The Morgan fingerprint density at radius 3 is 2.68 bits per heavy atom. The van der Waals surface area contributed by atoms with Crippen LogP contribution in [-0.4, -0.2) is 33.9 Å². The number of amides is 1. The summed E-state index contributed by atoms with van der Waals surface area (Å²) in [6.07, 6.45) is 2.39. The number of para-hydroxylation sites is 1. The normalized spacial score (nSPS) is 15.9. The van der Waals surface area contributed by atoms with Gasteiger partial charge in [0.05, 0.1) is 12.0 Å². The molecule has 2 aromatic carbocycles. The molecule has 0 bridgehead atoms. The summed E-state index contributed by atoms with van der Waals surface area (Å²) in [6, 6.07) is 15.1. The van der Waals surface area contributed by atoms with Crippen LogP contribution in [0.15, 0.2) is 53.4 Å². The Balaban J connectivity index is 1.77. The lowest BCUT2D eigenvalue weighted by molar-refractivity contribution is -0.122. The van der Waals surface area contributed by atoms with E-state index in [1.807, 2.05) is 30.3 Å². The monoisotopic (exact) mass is 371 g/mol. The molecule has 0 saturated carbocycles. The third-order valence-electron chi connectivity index (χ3n) is 3.88. The standard InChI is InChI=1S/C19H17NO3S2/c1-23-15-9-5-8-14(17(15)21)12-16-18(22)20(19(24)25-16)11-10-13-6-3-2-4-7-13/h2-9,12,21H,10-11H2,1H3. The van der Waals surface area contributed by atoms with Crippen molar-refractivity contribution in [3.8, 4) is 11.5 Å². The highest BCUT2D eigenvalue weighted by Crippen LogP contribution is 2.36. The molecule has 1 N–H and O–H groups in total. The van der Waals surface area contributed by atoms with E-state index in [1.165, 1.54) is 18.9 Å². The van der Waals surface area contributed by atoms with E-state index in [2.05, 4.69) is 0 Å². The third-order valence-corrected chi connectivity index (χ3v) is 5.26. The molecule has 0 aliphatic carbocycles. The molecule has 2 aromatic rings. The van der Waals surface area contributed by atoms with Crippen molar-refractivity contribution < 1.29 is 14.6 Å². The summed E-state index contributed by atoms with van der Waals surface area (Å²) in [5.74, 6) is 0.251. The van der Waals surface area contributed by atoms with E-state index in [4.69, 9.17) is 17.0 Å². The van der Waals surface area contributed by atoms with Gasteiger partial charge in [0.15, 0.2) is 11.5 Å². The van der Waals surface area contributed by atoms with Gasteiger partial charge in [-0.25, -0.2) is 0 Å². The van der Waals surface area contributed by atoms with E-state index < -0.39 is 0 Å². The number of ether oxygens (including phenoxy) is 1. The summed E-state index contributed by atoms with van der Waals surface area (Å²) < 4.78 is 5.64. The van der Waals surface area contributed by atoms with E-state index in [0.29, 0.717) is 27.1 Å². The molecule has 0 unspecified atom stereocenters. The minimum absolute atomic E-state index is 0.0135. The maximum Gasteiger partial charge on any atom is 0.266 e. The van der Waals surface area contributed by atoms with Gasteiger partial charge in [0, 0.05) is 12.1 Å². The number of nitrogens with zero attached hydrogens (tertiary/aromatic N) is 1. The number of benzene rings is 2. The maximum absolute atomic E-state index is 12.6. The molecule has 1 aliphatic heterocycles. The summed E-state index contributed by atoms with van der Waals surface area (Å²) in [5.41, 5.74) is 1.69. The van der Waals surface area contributed by atoms with E-state index in [0.717, 1.165) is 12.0 Å². The fourth-order valence-electron chi connectivity index (χ4n) is 2.54. The molecular formula is C19H17NO3S2. The van der Waals surface area contributed by atoms with E-state index >= 15 is 0 Å². The number of hydrogen-bond acceptors (Lipinski definition) is 5. The molecule has 1 aliphatic rings. The second-order valence-corrected chi connectivity index (χ2v) is 7.14. The third kappa shape index (κ3) is 3.86. The first kappa shape index (κ1) is 17.5. The molecule has 1 heterocycles. The molecular weight excluding hydrogens is 354 g/mol. The van der Waals surface area contributed by atoms with Gasteiger partial charge in [-0.05, 0) is 24.1 Å². The number of thioether (sulfide) groups is 1. The van der Waals surface area contributed by atoms with Crippen LogP contribution in [0.4, 0.5) is 0 Å². The Bertz CT molecular complexity index is 834. The van der Waals surface area contributed by atoms with Crippen molar-refractivity contribution in [1.82, 2.24) is 4.90 Å². The molecule has 1 amide bonds. The van der Waals surface area contributed by atoms with Gasteiger partial charge in [0.2, 0.25) is 0 Å². The molecule has 0 aromatic heterocycles. The number of phenolic OH excluding ortho intramolecular Hbond substituents is 1. The van der Waals surface area contributed by atoms with Crippen molar-refractivity contribution in [2.24, 2.45) is 0 Å². The number of carbonyl (C=O) groups is 1. The van der Waals surface area contributed by atoms with Crippen LogP contribution in [0.25, 0.3) is 6.08 Å². The number of carbonyl (C=O) groups excluding carboxylic acids is 1. The Labute approximate surface area is 156 Å². The van der Waals surface area contributed by atoms with Crippen molar-refractivity contribution in [2.75, 3.05) is 13.7 Å². The van der Waals surface area contributed by atoms with Crippen LogP contribution in [0, 0.1) is 0 Å². The summed E-state index contributed by atoms with van der Waals surface area (Å²) in [6.45, 7) is 0.538. The highest BCUT2D eigenvalue weighted by atomic mass is 32.2. The Hall–Kier alpha value is -2.31. The Morgan fingerprint density at radius 2 is 1.96 bits per heavy atom. The van der Waals surface area contributed by atoms with Crippen molar-refractivity contribution in [2.45, 2.75) is 6.42 Å². The summed E-state index contributed by atoms with van der Waals surface area (Å²) in [5, 5.41) is 10.2. The number of thiocarbonyl (C=S) groups is 1. The van der Waals surface area contributed by atoms with Crippen molar-refractivity contribution in [3.05, 3.63) is 64.6 Å². The molecule has 0 atom stereocenters. The number of aromatic hydroxyl groups is 1. The number of methoxy groups -OCH3 is 1. The second kappa shape index (κ2) is 7.72. The van der Waals surface area contributed by atoms with E-state index in [9.17, 15) is 9.90 Å². The maximum atomic E-state index is 12.6. The predicted molar refractivity (Wildman–Crippen MR) is 105 cm³/mol. The fourth-order valence-corrected chi connectivity index (χ4v) is 3.84. The van der Waals surface area contributed by atoms with Gasteiger partial charge in [0.25, 0.3) is 5.91 Å². The van der Waals surface area contributed by atoms with Crippen molar-refractivity contribution in [1.29, 1.82) is 0 Å². The van der Waals surface area contributed by atoms with Crippen LogP contribution >= 0.6 is 24.0 Å². The molecule has 4 nitrogen and oxygen atoms in total. The van der Waals surface area contributed by atoms with Crippen LogP contribution in [-0.2, 0) is 11.2 Å². The lowest BCUT2D eigenvalue weighted by atomic mass is 10.1. The first-order valence-electron chi connectivity index (χ1n) is 7.75. The van der Waals surface area contributed by atoms with Crippen LogP contribution in [0.3, 0.4) is 0 Å². The number of hydrogen-bond donors (Lipinski definition) is 1. The summed E-state index contributed by atoms with van der Waals surface area (Å²) in [4.78, 5) is 14.8. The molecule has 0 spiro atoms. The minimum Gasteiger partial charge on any atom is -0.504 e. The van der Waals surface area contributed by atoms with Crippen LogP contribution in [0.2, 0.25) is 0 Å². The minimum atomic E-state index is -0.131. The first-order chi connectivity index (χ1) is 12.1.